The zero-order chi connectivity index (χ0) is 20.6. The fourth-order valence-electron chi connectivity index (χ4n) is 3.27. The third-order valence-corrected chi connectivity index (χ3v) is 6.65. The van der Waals surface area contributed by atoms with E-state index in [0.717, 1.165) is 24.0 Å². The summed E-state index contributed by atoms with van der Waals surface area (Å²) in [5.41, 5.74) is 1.43. The summed E-state index contributed by atoms with van der Waals surface area (Å²) in [6.45, 7) is 12.9. The van der Waals surface area contributed by atoms with Crippen LogP contribution in [0.4, 0.5) is 0 Å². The maximum atomic E-state index is 12.8. The van der Waals surface area contributed by atoms with Gasteiger partial charge in [0, 0.05) is 24.2 Å². The molecular formula is C21H30N2O3S. The number of rotatable bonds is 3. The van der Waals surface area contributed by atoms with Crippen molar-refractivity contribution >= 4 is 16.1 Å². The van der Waals surface area contributed by atoms with Gasteiger partial charge in [-0.1, -0.05) is 41.5 Å². The Hall–Kier alpha value is -1.84. The minimum atomic E-state index is -3.78. The number of phenolic OH excluding ortho intramolecular Hbond substituents is 1. The Bertz CT molecular complexity index is 854. The SMILES string of the molecule is CC(C)(C)c1cc(/C=C(/C#N)S(=O)(=O)N2CCCC2)cc(C(C)(C)C)c1O. The highest BCUT2D eigenvalue weighted by atomic mass is 32.2. The molecule has 1 saturated heterocycles. The first-order chi connectivity index (χ1) is 12.3. The molecule has 1 heterocycles. The molecular weight excluding hydrogens is 360 g/mol. The van der Waals surface area contributed by atoms with Crippen LogP contribution in [0.15, 0.2) is 17.0 Å². The van der Waals surface area contributed by atoms with E-state index in [2.05, 4.69) is 0 Å². The monoisotopic (exact) mass is 390 g/mol. The Kier molecular flexibility index (Phi) is 5.79. The van der Waals surface area contributed by atoms with Crippen molar-refractivity contribution in [3.8, 4) is 11.8 Å². The molecule has 0 amide bonds. The van der Waals surface area contributed by atoms with Crippen molar-refractivity contribution in [2.24, 2.45) is 0 Å². The quantitative estimate of drug-likeness (QED) is 0.781. The number of hydrogen-bond donors (Lipinski definition) is 1. The van der Waals surface area contributed by atoms with Gasteiger partial charge in [0.1, 0.15) is 11.8 Å². The summed E-state index contributed by atoms with van der Waals surface area (Å²) in [5, 5.41) is 20.3. The van der Waals surface area contributed by atoms with Crippen molar-refractivity contribution in [3.05, 3.63) is 33.7 Å². The maximum absolute atomic E-state index is 12.8. The number of benzene rings is 1. The molecule has 0 saturated carbocycles. The number of phenols is 1. The highest BCUT2D eigenvalue weighted by Gasteiger charge is 2.30. The second kappa shape index (κ2) is 7.29. The van der Waals surface area contributed by atoms with Gasteiger partial charge in [0.2, 0.25) is 0 Å². The van der Waals surface area contributed by atoms with Gasteiger partial charge in [-0.2, -0.15) is 9.57 Å². The highest BCUT2D eigenvalue weighted by Crippen LogP contribution is 2.40. The van der Waals surface area contributed by atoms with Crippen LogP contribution >= 0.6 is 0 Å². The average molecular weight is 391 g/mol. The Balaban J connectivity index is 2.66. The predicted octanol–water partition coefficient (Wildman–Crippen LogP) is 4.28. The Morgan fingerprint density at radius 3 is 1.89 bits per heavy atom. The highest BCUT2D eigenvalue weighted by molar-refractivity contribution is 7.93. The Morgan fingerprint density at radius 1 is 1.07 bits per heavy atom. The van der Waals surface area contributed by atoms with E-state index in [-0.39, 0.29) is 21.5 Å². The zero-order valence-electron chi connectivity index (χ0n) is 17.1. The van der Waals surface area contributed by atoms with Crippen LogP contribution in [0, 0.1) is 11.3 Å². The molecule has 5 nitrogen and oxygen atoms in total. The van der Waals surface area contributed by atoms with Gasteiger partial charge in [-0.3, -0.25) is 0 Å². The lowest BCUT2D eigenvalue weighted by atomic mass is 9.78. The van der Waals surface area contributed by atoms with E-state index in [9.17, 15) is 18.8 Å². The summed E-state index contributed by atoms with van der Waals surface area (Å²) in [4.78, 5) is -0.255. The third kappa shape index (κ3) is 4.53. The van der Waals surface area contributed by atoms with E-state index in [0.29, 0.717) is 18.7 Å². The van der Waals surface area contributed by atoms with Crippen LogP contribution in [0.3, 0.4) is 0 Å². The Labute approximate surface area is 163 Å². The topological polar surface area (TPSA) is 81.4 Å². The van der Waals surface area contributed by atoms with E-state index >= 15 is 0 Å². The molecule has 1 aliphatic heterocycles. The third-order valence-electron chi connectivity index (χ3n) is 4.84. The van der Waals surface area contributed by atoms with Crippen LogP contribution in [-0.2, 0) is 20.9 Å². The number of nitriles is 1. The van der Waals surface area contributed by atoms with Gasteiger partial charge < -0.3 is 5.11 Å². The molecule has 0 spiro atoms. The summed E-state index contributed by atoms with van der Waals surface area (Å²) in [6, 6.07) is 5.43. The normalized spacial score (nSPS) is 17.1. The molecule has 1 aromatic rings. The number of nitrogens with zero attached hydrogens (tertiary/aromatic N) is 2. The van der Waals surface area contributed by atoms with Gasteiger partial charge in [0.25, 0.3) is 10.0 Å². The van der Waals surface area contributed by atoms with Crippen LogP contribution in [0.5, 0.6) is 5.75 Å². The molecule has 1 aromatic carbocycles. The smallest absolute Gasteiger partial charge is 0.253 e. The molecule has 1 fully saturated rings. The number of hydrogen-bond acceptors (Lipinski definition) is 4. The largest absolute Gasteiger partial charge is 0.507 e. The molecule has 0 unspecified atom stereocenters. The van der Waals surface area contributed by atoms with E-state index in [4.69, 9.17) is 0 Å². The van der Waals surface area contributed by atoms with Crippen molar-refractivity contribution in [2.75, 3.05) is 13.1 Å². The molecule has 0 bridgehead atoms. The number of allylic oxidation sites excluding steroid dienone is 1. The second-order valence-corrected chi connectivity index (χ2v) is 11.1. The van der Waals surface area contributed by atoms with Gasteiger partial charge in [0.05, 0.1) is 0 Å². The fourth-order valence-corrected chi connectivity index (χ4v) is 4.68. The molecule has 0 radical (unpaired) electrons. The molecule has 1 N–H and O–H groups in total. The fraction of sp³-hybridized carbons (Fsp3) is 0.571. The number of sulfonamides is 1. The van der Waals surface area contributed by atoms with Crippen molar-refractivity contribution in [1.82, 2.24) is 4.31 Å². The van der Waals surface area contributed by atoms with E-state index in [1.165, 1.54) is 10.4 Å². The van der Waals surface area contributed by atoms with E-state index in [1.807, 2.05) is 47.6 Å². The molecule has 1 aliphatic rings. The first-order valence-electron chi connectivity index (χ1n) is 9.28. The number of aromatic hydroxyl groups is 1. The summed E-state index contributed by atoms with van der Waals surface area (Å²) in [7, 11) is -3.78. The summed E-state index contributed by atoms with van der Waals surface area (Å²) in [5.74, 6) is 0.230. The summed E-state index contributed by atoms with van der Waals surface area (Å²) >= 11 is 0. The summed E-state index contributed by atoms with van der Waals surface area (Å²) < 4.78 is 26.9. The first-order valence-corrected chi connectivity index (χ1v) is 10.7. The molecule has 0 aromatic heterocycles. The lowest BCUT2D eigenvalue weighted by Crippen LogP contribution is -2.28. The van der Waals surface area contributed by atoms with Crippen LogP contribution in [-0.4, -0.2) is 30.9 Å². The minimum absolute atomic E-state index is 0.230. The second-order valence-electron chi connectivity index (χ2n) is 9.20. The lowest BCUT2D eigenvalue weighted by molar-refractivity contribution is 0.423. The van der Waals surface area contributed by atoms with Crippen LogP contribution in [0.25, 0.3) is 6.08 Å². The molecule has 0 atom stereocenters. The van der Waals surface area contributed by atoms with Gasteiger partial charge in [-0.05, 0) is 47.4 Å². The van der Waals surface area contributed by atoms with Crippen molar-refractivity contribution in [2.45, 2.75) is 65.2 Å². The zero-order valence-corrected chi connectivity index (χ0v) is 17.9. The van der Waals surface area contributed by atoms with Crippen LogP contribution in [0.1, 0.15) is 71.1 Å². The predicted molar refractivity (Wildman–Crippen MR) is 109 cm³/mol. The van der Waals surface area contributed by atoms with Gasteiger partial charge in [-0.15, -0.1) is 0 Å². The lowest BCUT2D eigenvalue weighted by Gasteiger charge is -2.28. The molecule has 0 aliphatic carbocycles. The van der Waals surface area contributed by atoms with Gasteiger partial charge in [-0.25, -0.2) is 8.42 Å². The van der Waals surface area contributed by atoms with Gasteiger partial charge in [0.15, 0.2) is 4.91 Å². The molecule has 6 heteroatoms. The van der Waals surface area contributed by atoms with Crippen LogP contribution < -0.4 is 0 Å². The molecule has 148 valence electrons. The molecule has 27 heavy (non-hydrogen) atoms. The average Bonchev–Trinajstić information content (AvgIpc) is 3.06. The maximum Gasteiger partial charge on any atom is 0.253 e. The minimum Gasteiger partial charge on any atom is -0.507 e. The first kappa shape index (κ1) is 21.5. The van der Waals surface area contributed by atoms with Gasteiger partial charge >= 0.3 is 0 Å². The summed E-state index contributed by atoms with van der Waals surface area (Å²) in [6.07, 6.45) is 3.07. The van der Waals surface area contributed by atoms with E-state index < -0.39 is 10.0 Å². The Morgan fingerprint density at radius 2 is 1.52 bits per heavy atom. The van der Waals surface area contributed by atoms with Crippen molar-refractivity contribution in [1.29, 1.82) is 5.26 Å². The standard InChI is InChI=1S/C21H30N2O3S/c1-20(2,3)17-12-15(13-18(19(17)24)21(4,5)6)11-16(14-22)27(25,26)23-9-7-8-10-23/h11-13,24H,7-10H2,1-6H3/b16-11-. The van der Waals surface area contributed by atoms with E-state index in [1.54, 1.807) is 12.1 Å². The van der Waals surface area contributed by atoms with Crippen molar-refractivity contribution in [3.63, 3.8) is 0 Å². The molecule has 2 rings (SSSR count). The van der Waals surface area contributed by atoms with Crippen LogP contribution in [0.2, 0.25) is 0 Å². The van der Waals surface area contributed by atoms with Crippen molar-refractivity contribution < 1.29 is 13.5 Å².